The van der Waals surface area contributed by atoms with Gasteiger partial charge >= 0.3 is 5.97 Å². The summed E-state index contributed by atoms with van der Waals surface area (Å²) < 4.78 is 5.29. The summed E-state index contributed by atoms with van der Waals surface area (Å²) in [6, 6.07) is 23.2. The number of carbonyl (C=O) groups excluding carboxylic acids is 3. The minimum Gasteiger partial charge on any atom is -0.459 e. The van der Waals surface area contributed by atoms with Crippen LogP contribution in [0.4, 0.5) is 0 Å². The normalized spacial score (nSPS) is 11.2. The topological polar surface area (TPSA) is 72.8 Å². The maximum Gasteiger partial charge on any atom is 0.332 e. The molecule has 3 aromatic carbocycles. The number of esters is 1. The molecule has 0 heterocycles. The van der Waals surface area contributed by atoms with Crippen molar-refractivity contribution in [3.8, 4) is 11.1 Å². The molecule has 1 atom stereocenters. The molecule has 0 aliphatic carbocycles. The maximum atomic E-state index is 12.3. The number of aldehydes is 1. The van der Waals surface area contributed by atoms with E-state index in [1.807, 2.05) is 72.8 Å². The Kier molecular flexibility index (Phi) is 6.82. The summed E-state index contributed by atoms with van der Waals surface area (Å²) in [5.41, 5.74) is 4.16. The summed E-state index contributed by atoms with van der Waals surface area (Å²) in [6.07, 6.45) is 2.50. The second-order valence-electron chi connectivity index (χ2n) is 6.47. The van der Waals surface area contributed by atoms with Gasteiger partial charge in [-0.05, 0) is 28.3 Å². The van der Waals surface area contributed by atoms with Crippen LogP contribution < -0.4 is 0 Å². The Morgan fingerprint density at radius 2 is 1.69 bits per heavy atom. The monoisotopic (exact) mass is 385 g/mol. The highest BCUT2D eigenvalue weighted by Gasteiger charge is 2.20. The molecule has 144 valence electrons. The molecule has 0 bridgehead atoms. The predicted molar refractivity (Wildman–Crippen MR) is 109 cm³/mol. The van der Waals surface area contributed by atoms with E-state index in [1.165, 1.54) is 6.08 Å². The van der Waals surface area contributed by atoms with Gasteiger partial charge in [0.15, 0.2) is 6.04 Å². The van der Waals surface area contributed by atoms with Crippen molar-refractivity contribution in [1.82, 2.24) is 0 Å². The van der Waals surface area contributed by atoms with Gasteiger partial charge in [0.05, 0.1) is 0 Å². The highest BCUT2D eigenvalue weighted by atomic mass is 16.5. The number of benzene rings is 3. The number of hydrogen-bond acceptors (Lipinski definition) is 5. The van der Waals surface area contributed by atoms with E-state index in [0.717, 1.165) is 28.5 Å². The number of ether oxygens (including phenoxy) is 1. The molecule has 5 heteroatoms. The molecule has 0 aromatic heterocycles. The average Bonchev–Trinajstić information content (AvgIpc) is 2.78. The first-order valence-corrected chi connectivity index (χ1v) is 9.11. The molecule has 0 radical (unpaired) electrons. The van der Waals surface area contributed by atoms with Crippen LogP contribution in [0.2, 0.25) is 0 Å². The number of isocyanates is 1. The van der Waals surface area contributed by atoms with Gasteiger partial charge in [-0.15, -0.1) is 0 Å². The molecule has 3 aromatic rings. The van der Waals surface area contributed by atoms with E-state index in [0.29, 0.717) is 5.56 Å². The van der Waals surface area contributed by atoms with Gasteiger partial charge in [-0.25, -0.2) is 9.59 Å². The van der Waals surface area contributed by atoms with Gasteiger partial charge in [-0.1, -0.05) is 72.8 Å². The highest BCUT2D eigenvalue weighted by molar-refractivity contribution is 5.79. The van der Waals surface area contributed by atoms with Crippen LogP contribution in [0, 0.1) is 0 Å². The van der Waals surface area contributed by atoms with Gasteiger partial charge in [-0.3, -0.25) is 4.79 Å². The van der Waals surface area contributed by atoms with Crippen molar-refractivity contribution in [1.29, 1.82) is 0 Å². The average molecular weight is 385 g/mol. The number of aliphatic imine (C=N–C) groups is 1. The Balaban J connectivity index is 1.67. The summed E-state index contributed by atoms with van der Waals surface area (Å²) in [5, 5.41) is 0. The standard InChI is InChI=1S/C24H19NO4/c26-15-20-7-4-8-22(13-20)21-11-9-18(10-12-21)14-23(25-17-27)24(28)29-16-19-5-2-1-3-6-19/h1-13,15,23H,14,16H2. The third-order valence-corrected chi connectivity index (χ3v) is 4.44. The van der Waals surface area contributed by atoms with Crippen LogP contribution in [0.15, 0.2) is 83.9 Å². The van der Waals surface area contributed by atoms with E-state index in [1.54, 1.807) is 6.07 Å². The number of carbonyl (C=O) groups is 2. The summed E-state index contributed by atoms with van der Waals surface area (Å²) in [5.74, 6) is -0.569. The van der Waals surface area contributed by atoms with Crippen molar-refractivity contribution >= 4 is 18.3 Å². The van der Waals surface area contributed by atoms with Gasteiger partial charge in [0.25, 0.3) is 0 Å². The van der Waals surface area contributed by atoms with Crippen molar-refractivity contribution in [3.63, 3.8) is 0 Å². The van der Waals surface area contributed by atoms with Crippen molar-refractivity contribution in [3.05, 3.63) is 95.6 Å². The van der Waals surface area contributed by atoms with Crippen molar-refractivity contribution in [2.75, 3.05) is 0 Å². The fourth-order valence-electron chi connectivity index (χ4n) is 2.92. The van der Waals surface area contributed by atoms with Crippen LogP contribution in [-0.2, 0) is 27.4 Å². The first-order chi connectivity index (χ1) is 14.2. The molecule has 0 saturated heterocycles. The lowest BCUT2D eigenvalue weighted by Crippen LogP contribution is -2.23. The van der Waals surface area contributed by atoms with Crippen molar-refractivity contribution < 1.29 is 19.1 Å². The lowest BCUT2D eigenvalue weighted by atomic mass is 10.00. The minimum absolute atomic E-state index is 0.122. The lowest BCUT2D eigenvalue weighted by Gasteiger charge is -2.12. The zero-order chi connectivity index (χ0) is 20.5. The zero-order valence-electron chi connectivity index (χ0n) is 15.7. The van der Waals surface area contributed by atoms with E-state index in [9.17, 15) is 14.4 Å². The first-order valence-electron chi connectivity index (χ1n) is 9.11. The van der Waals surface area contributed by atoms with E-state index in [-0.39, 0.29) is 13.0 Å². The van der Waals surface area contributed by atoms with Gasteiger partial charge in [0, 0.05) is 12.0 Å². The van der Waals surface area contributed by atoms with E-state index < -0.39 is 12.0 Å². The van der Waals surface area contributed by atoms with Crippen LogP contribution in [0.25, 0.3) is 11.1 Å². The fraction of sp³-hybridized carbons (Fsp3) is 0.125. The lowest BCUT2D eigenvalue weighted by molar-refractivity contribution is -0.146. The van der Waals surface area contributed by atoms with Crippen LogP contribution in [0.5, 0.6) is 0 Å². The van der Waals surface area contributed by atoms with E-state index >= 15 is 0 Å². The second kappa shape index (κ2) is 9.93. The number of nitrogens with zero attached hydrogens (tertiary/aromatic N) is 1. The molecular formula is C24H19NO4. The van der Waals surface area contributed by atoms with E-state index in [2.05, 4.69) is 4.99 Å². The molecule has 29 heavy (non-hydrogen) atoms. The quantitative estimate of drug-likeness (QED) is 0.253. The fourth-order valence-corrected chi connectivity index (χ4v) is 2.92. The Morgan fingerprint density at radius 1 is 0.931 bits per heavy atom. The largest absolute Gasteiger partial charge is 0.459 e. The SMILES string of the molecule is O=C=NC(Cc1ccc(-c2cccc(C=O)c2)cc1)C(=O)OCc1ccccc1. The van der Waals surface area contributed by atoms with Gasteiger partial charge in [0.2, 0.25) is 6.08 Å². The molecule has 0 spiro atoms. The molecule has 5 nitrogen and oxygen atoms in total. The molecule has 3 rings (SSSR count). The highest BCUT2D eigenvalue weighted by Crippen LogP contribution is 2.21. The molecule has 0 N–H and O–H groups in total. The first kappa shape index (κ1) is 19.9. The van der Waals surface area contributed by atoms with Crippen LogP contribution in [0.1, 0.15) is 21.5 Å². The zero-order valence-corrected chi connectivity index (χ0v) is 15.7. The molecule has 1 unspecified atom stereocenters. The van der Waals surface area contributed by atoms with Crippen LogP contribution in [-0.4, -0.2) is 24.4 Å². The molecule has 0 aliphatic heterocycles. The Bertz CT molecular complexity index is 1020. The van der Waals surface area contributed by atoms with Gasteiger partial charge < -0.3 is 4.74 Å². The summed E-state index contributed by atoms with van der Waals surface area (Å²) in [7, 11) is 0. The Hall–Kier alpha value is -3.82. The minimum atomic E-state index is -0.944. The molecule has 0 saturated carbocycles. The Morgan fingerprint density at radius 3 is 2.38 bits per heavy atom. The van der Waals surface area contributed by atoms with Gasteiger partial charge in [0.1, 0.15) is 12.9 Å². The third kappa shape index (κ3) is 5.58. The smallest absolute Gasteiger partial charge is 0.332 e. The third-order valence-electron chi connectivity index (χ3n) is 4.44. The predicted octanol–water partition coefficient (Wildman–Crippen LogP) is 4.16. The molecular weight excluding hydrogens is 366 g/mol. The second-order valence-corrected chi connectivity index (χ2v) is 6.47. The van der Waals surface area contributed by atoms with Crippen molar-refractivity contribution in [2.45, 2.75) is 19.1 Å². The van der Waals surface area contributed by atoms with Crippen molar-refractivity contribution in [2.24, 2.45) is 4.99 Å². The van der Waals surface area contributed by atoms with Crippen LogP contribution in [0.3, 0.4) is 0 Å². The summed E-state index contributed by atoms with van der Waals surface area (Å²) in [6.45, 7) is 0.122. The van der Waals surface area contributed by atoms with E-state index in [4.69, 9.17) is 4.74 Å². The van der Waals surface area contributed by atoms with Crippen LogP contribution >= 0.6 is 0 Å². The molecule has 0 fully saturated rings. The molecule has 0 aliphatic rings. The van der Waals surface area contributed by atoms with Gasteiger partial charge in [-0.2, -0.15) is 4.99 Å². The Labute approximate surface area is 168 Å². The molecule has 0 amide bonds. The number of rotatable bonds is 8. The summed E-state index contributed by atoms with van der Waals surface area (Å²) >= 11 is 0. The maximum absolute atomic E-state index is 12.3. The number of hydrogen-bond donors (Lipinski definition) is 0. The summed E-state index contributed by atoms with van der Waals surface area (Å²) in [4.78, 5) is 37.7.